The number of alkyl halides is 3. The highest BCUT2D eigenvalue weighted by molar-refractivity contribution is 8.00. The quantitative estimate of drug-likeness (QED) is 0.878. The number of ether oxygens (including phenoxy) is 1. The summed E-state index contributed by atoms with van der Waals surface area (Å²) in [5.41, 5.74) is 6.29. The maximum Gasteiger partial charge on any atom is 0.573 e. The van der Waals surface area contributed by atoms with Gasteiger partial charge in [0, 0.05) is 5.75 Å². The summed E-state index contributed by atoms with van der Waals surface area (Å²) in [6.07, 6.45) is -4.67. The Balaban J connectivity index is 1.91. The molecule has 0 fully saturated rings. The van der Waals surface area contributed by atoms with Crippen molar-refractivity contribution < 1.29 is 17.9 Å². The number of hydrogen-bond donors (Lipinski definition) is 1. The van der Waals surface area contributed by atoms with E-state index in [1.165, 1.54) is 35.2 Å². The zero-order valence-electron chi connectivity index (χ0n) is 9.35. The van der Waals surface area contributed by atoms with Crippen molar-refractivity contribution in [1.29, 1.82) is 0 Å². The minimum atomic E-state index is -4.67. The van der Waals surface area contributed by atoms with Crippen molar-refractivity contribution in [2.45, 2.75) is 16.5 Å². The standard InChI is InChI=1S/C10H8F3N3OS2/c11-10(12,13)17-7-3-1-6(2-4-7)5-18-9-16-15-8(14)19-9/h1-4H,5H2,(H2,14,15). The van der Waals surface area contributed by atoms with E-state index in [0.29, 0.717) is 15.2 Å². The smallest absolute Gasteiger partial charge is 0.406 e. The lowest BCUT2D eigenvalue weighted by Gasteiger charge is -2.08. The van der Waals surface area contributed by atoms with Gasteiger partial charge in [0.15, 0.2) is 4.34 Å². The molecular weight excluding hydrogens is 299 g/mol. The maximum absolute atomic E-state index is 12.0. The van der Waals surface area contributed by atoms with Gasteiger partial charge in [-0.1, -0.05) is 35.2 Å². The van der Waals surface area contributed by atoms with Crippen molar-refractivity contribution in [2.24, 2.45) is 0 Å². The molecule has 0 saturated heterocycles. The molecule has 2 aromatic rings. The molecule has 0 radical (unpaired) electrons. The van der Waals surface area contributed by atoms with Gasteiger partial charge in [-0.15, -0.1) is 23.4 Å². The maximum atomic E-state index is 12.0. The Morgan fingerprint density at radius 3 is 2.42 bits per heavy atom. The van der Waals surface area contributed by atoms with E-state index >= 15 is 0 Å². The Bertz CT molecular complexity index is 542. The highest BCUT2D eigenvalue weighted by Gasteiger charge is 2.30. The molecule has 9 heteroatoms. The number of rotatable bonds is 4. The van der Waals surface area contributed by atoms with Crippen LogP contribution in [0.25, 0.3) is 0 Å². The van der Waals surface area contributed by atoms with Crippen LogP contribution in [0.3, 0.4) is 0 Å². The third-order valence-electron chi connectivity index (χ3n) is 1.94. The van der Waals surface area contributed by atoms with Gasteiger partial charge in [0.2, 0.25) is 5.13 Å². The molecule has 1 heterocycles. The Kier molecular flexibility index (Phi) is 4.15. The average Bonchev–Trinajstić information content (AvgIpc) is 2.72. The molecule has 0 atom stereocenters. The van der Waals surface area contributed by atoms with Crippen LogP contribution in [0, 0.1) is 0 Å². The fraction of sp³-hybridized carbons (Fsp3) is 0.200. The number of thioether (sulfide) groups is 1. The lowest BCUT2D eigenvalue weighted by atomic mass is 10.2. The van der Waals surface area contributed by atoms with Crippen LogP contribution in [-0.4, -0.2) is 16.6 Å². The van der Waals surface area contributed by atoms with Crippen LogP contribution >= 0.6 is 23.1 Å². The molecule has 0 saturated carbocycles. The van der Waals surface area contributed by atoms with Crippen molar-refractivity contribution in [3.63, 3.8) is 0 Å². The fourth-order valence-corrected chi connectivity index (χ4v) is 2.80. The summed E-state index contributed by atoms with van der Waals surface area (Å²) >= 11 is 2.68. The Morgan fingerprint density at radius 2 is 1.89 bits per heavy atom. The SMILES string of the molecule is Nc1nnc(SCc2ccc(OC(F)(F)F)cc2)s1. The number of benzene rings is 1. The van der Waals surface area contributed by atoms with E-state index in [9.17, 15) is 13.2 Å². The second-order valence-corrected chi connectivity index (χ2v) is 5.62. The number of hydrogen-bond acceptors (Lipinski definition) is 6. The second kappa shape index (κ2) is 5.66. The number of nitrogens with zero attached hydrogens (tertiary/aromatic N) is 2. The van der Waals surface area contributed by atoms with Crippen LogP contribution in [0.5, 0.6) is 5.75 Å². The summed E-state index contributed by atoms with van der Waals surface area (Å²) in [7, 11) is 0. The molecule has 2 N–H and O–H groups in total. The van der Waals surface area contributed by atoms with Crippen LogP contribution in [0.4, 0.5) is 18.3 Å². The molecule has 2 rings (SSSR count). The third kappa shape index (κ3) is 4.60. The number of nitrogens with two attached hydrogens (primary N) is 1. The molecule has 1 aromatic carbocycles. The number of nitrogen functional groups attached to an aromatic ring is 1. The van der Waals surface area contributed by atoms with Crippen LogP contribution in [-0.2, 0) is 5.75 Å². The molecule has 0 amide bonds. The first-order valence-corrected chi connectivity index (χ1v) is 6.79. The summed E-state index contributed by atoms with van der Waals surface area (Å²) in [5.74, 6) is 0.336. The van der Waals surface area contributed by atoms with Gasteiger partial charge < -0.3 is 10.5 Å². The average molecular weight is 307 g/mol. The highest BCUT2D eigenvalue weighted by atomic mass is 32.2. The summed E-state index contributed by atoms with van der Waals surface area (Å²) in [6, 6.07) is 5.69. The third-order valence-corrected chi connectivity index (χ3v) is 3.90. The summed E-state index contributed by atoms with van der Waals surface area (Å²) < 4.78 is 40.4. The monoisotopic (exact) mass is 307 g/mol. The Labute approximate surface area is 114 Å². The molecule has 19 heavy (non-hydrogen) atoms. The van der Waals surface area contributed by atoms with E-state index in [1.54, 1.807) is 12.1 Å². The predicted octanol–water partition coefficient (Wildman–Crippen LogP) is 3.31. The topological polar surface area (TPSA) is 61.0 Å². The first-order chi connectivity index (χ1) is 8.92. The zero-order valence-corrected chi connectivity index (χ0v) is 11.0. The van der Waals surface area contributed by atoms with Crippen molar-refractivity contribution in [3.8, 4) is 5.75 Å². The van der Waals surface area contributed by atoms with E-state index < -0.39 is 6.36 Å². The van der Waals surface area contributed by atoms with Gasteiger partial charge >= 0.3 is 6.36 Å². The van der Waals surface area contributed by atoms with Crippen molar-refractivity contribution in [2.75, 3.05) is 5.73 Å². The Morgan fingerprint density at radius 1 is 1.21 bits per heavy atom. The molecule has 0 aliphatic rings. The number of aromatic nitrogens is 2. The van der Waals surface area contributed by atoms with Crippen LogP contribution < -0.4 is 10.5 Å². The van der Waals surface area contributed by atoms with Crippen molar-refractivity contribution in [3.05, 3.63) is 29.8 Å². The number of halogens is 3. The van der Waals surface area contributed by atoms with Gasteiger partial charge in [0.1, 0.15) is 5.75 Å². The molecule has 4 nitrogen and oxygen atoms in total. The van der Waals surface area contributed by atoms with Crippen molar-refractivity contribution in [1.82, 2.24) is 10.2 Å². The van der Waals surface area contributed by atoms with Crippen LogP contribution in [0.1, 0.15) is 5.56 Å². The van der Waals surface area contributed by atoms with E-state index in [-0.39, 0.29) is 5.75 Å². The Hall–Kier alpha value is -1.48. The largest absolute Gasteiger partial charge is 0.573 e. The summed E-state index contributed by atoms with van der Waals surface area (Å²) in [5, 5.41) is 7.88. The van der Waals surface area contributed by atoms with Gasteiger partial charge in [0.05, 0.1) is 0 Å². The molecule has 0 aliphatic carbocycles. The van der Waals surface area contributed by atoms with Gasteiger partial charge in [-0.3, -0.25) is 0 Å². The van der Waals surface area contributed by atoms with E-state index in [4.69, 9.17) is 5.73 Å². The van der Waals surface area contributed by atoms with Gasteiger partial charge in [0.25, 0.3) is 0 Å². The van der Waals surface area contributed by atoms with Crippen LogP contribution in [0.15, 0.2) is 28.6 Å². The van der Waals surface area contributed by atoms with Gasteiger partial charge in [-0.2, -0.15) is 0 Å². The molecule has 1 aromatic heterocycles. The van der Waals surface area contributed by atoms with E-state index in [2.05, 4.69) is 14.9 Å². The minimum absolute atomic E-state index is 0.235. The molecule has 102 valence electrons. The first-order valence-electron chi connectivity index (χ1n) is 4.99. The summed E-state index contributed by atoms with van der Waals surface area (Å²) in [4.78, 5) is 0. The van der Waals surface area contributed by atoms with Gasteiger partial charge in [-0.05, 0) is 17.7 Å². The second-order valence-electron chi connectivity index (χ2n) is 3.39. The minimum Gasteiger partial charge on any atom is -0.406 e. The molecule has 0 unspecified atom stereocenters. The van der Waals surface area contributed by atoms with Crippen molar-refractivity contribution >= 4 is 28.2 Å². The summed E-state index contributed by atoms with van der Waals surface area (Å²) in [6.45, 7) is 0. The fourth-order valence-electron chi connectivity index (χ4n) is 1.21. The predicted molar refractivity (Wildman–Crippen MR) is 67.0 cm³/mol. The zero-order chi connectivity index (χ0) is 13.9. The van der Waals surface area contributed by atoms with E-state index in [1.807, 2.05) is 0 Å². The van der Waals surface area contributed by atoms with Gasteiger partial charge in [-0.25, -0.2) is 0 Å². The molecule has 0 aliphatic heterocycles. The highest BCUT2D eigenvalue weighted by Crippen LogP contribution is 2.28. The van der Waals surface area contributed by atoms with Crippen LogP contribution in [0.2, 0.25) is 0 Å². The lowest BCUT2D eigenvalue weighted by Crippen LogP contribution is -2.16. The molecular formula is C10H8F3N3OS2. The lowest BCUT2D eigenvalue weighted by molar-refractivity contribution is -0.274. The first kappa shape index (κ1) is 13.9. The number of anilines is 1. The normalized spacial score (nSPS) is 11.5. The van der Waals surface area contributed by atoms with E-state index in [0.717, 1.165) is 5.56 Å². The molecule has 0 spiro atoms. The molecule has 0 bridgehead atoms.